The molecule has 0 aliphatic carbocycles. The zero-order chi connectivity index (χ0) is 9.66. The molecule has 0 bridgehead atoms. The number of rotatable bonds is 1. The second kappa shape index (κ2) is 22.5. The van der Waals surface area contributed by atoms with Crippen LogP contribution >= 0.6 is 0 Å². The van der Waals surface area contributed by atoms with E-state index in [1.54, 1.807) is 13.0 Å². The van der Waals surface area contributed by atoms with Gasteiger partial charge in [0.1, 0.15) is 0 Å². The molecule has 0 amide bonds. The van der Waals surface area contributed by atoms with Gasteiger partial charge in [-0.25, -0.2) is 12.2 Å². The van der Waals surface area contributed by atoms with Gasteiger partial charge in [-0.15, -0.1) is 6.20 Å². The van der Waals surface area contributed by atoms with Gasteiger partial charge in [-0.1, -0.05) is 6.92 Å². The molecule has 0 unspecified atom stereocenters. The largest absolute Gasteiger partial charge is 3.00 e. The van der Waals surface area contributed by atoms with Crippen molar-refractivity contribution in [3.05, 3.63) is 56.3 Å². The number of nitrogens with one attached hydrogen (secondary N) is 1. The first-order chi connectivity index (χ1) is 5.91. The second-order valence-electron chi connectivity index (χ2n) is 1.53. The first kappa shape index (κ1) is 18.2. The summed E-state index contributed by atoms with van der Waals surface area (Å²) in [6, 6.07) is 3.71. The number of allylic oxidation sites excluding steroid dienone is 3. The number of hydrogen-bond acceptors (Lipinski definition) is 0. The zero-order valence-electron chi connectivity index (χ0n) is 8.10. The van der Waals surface area contributed by atoms with Crippen LogP contribution in [-0.4, -0.2) is 4.98 Å². The van der Waals surface area contributed by atoms with Gasteiger partial charge in [-0.2, -0.15) is 31.3 Å². The number of H-pyrrole nitrogens is 1. The SMILES string of the molecule is [CH-]=CC=CC.[CH2-]C.[Ru+3].[c-]1ccc[nH]1. The molecule has 1 radical (unpaired) electrons. The molecule has 0 spiro atoms. The maximum Gasteiger partial charge on any atom is 3.00 e. The fraction of sp³-hybridized carbons (Fsp3) is 0.182. The average molecular weight is 263 g/mol. The van der Waals surface area contributed by atoms with Gasteiger partial charge in [0, 0.05) is 0 Å². The Bertz CT molecular complexity index is 149. The minimum absolute atomic E-state index is 0. The Morgan fingerprint density at radius 2 is 2.08 bits per heavy atom. The molecule has 0 aromatic carbocycles. The molecule has 1 rings (SSSR count). The van der Waals surface area contributed by atoms with Gasteiger partial charge in [0.15, 0.2) is 0 Å². The van der Waals surface area contributed by atoms with Crippen LogP contribution in [0.2, 0.25) is 0 Å². The molecule has 0 saturated carbocycles. The van der Waals surface area contributed by atoms with Crippen LogP contribution in [0.4, 0.5) is 0 Å². The van der Waals surface area contributed by atoms with E-state index in [0.29, 0.717) is 0 Å². The van der Waals surface area contributed by atoms with Gasteiger partial charge >= 0.3 is 19.5 Å². The molecule has 0 fully saturated rings. The first-order valence-electron chi connectivity index (χ1n) is 3.78. The summed E-state index contributed by atoms with van der Waals surface area (Å²) in [4.78, 5) is 2.74. The maximum atomic E-state index is 4.93. The molecule has 13 heavy (non-hydrogen) atoms. The van der Waals surface area contributed by atoms with E-state index in [1.165, 1.54) is 6.08 Å². The van der Waals surface area contributed by atoms with Crippen LogP contribution < -0.4 is 0 Å². The molecular weight excluding hydrogens is 247 g/mol. The Labute approximate surface area is 94.7 Å². The zero-order valence-corrected chi connectivity index (χ0v) is 9.84. The van der Waals surface area contributed by atoms with Crippen molar-refractivity contribution in [2.45, 2.75) is 13.8 Å². The fourth-order valence-electron chi connectivity index (χ4n) is 0.352. The number of aromatic nitrogens is 1. The Morgan fingerprint density at radius 3 is 2.15 bits per heavy atom. The van der Waals surface area contributed by atoms with Crippen LogP contribution in [0.1, 0.15) is 13.8 Å². The smallest absolute Gasteiger partial charge is 0.484 e. The molecule has 1 aromatic heterocycles. The molecule has 1 heterocycles. The third kappa shape index (κ3) is 24.6. The summed E-state index contributed by atoms with van der Waals surface area (Å²) in [5.41, 5.74) is 0. The summed E-state index contributed by atoms with van der Waals surface area (Å²) in [7, 11) is 0. The van der Waals surface area contributed by atoms with Gasteiger partial charge < -0.3 is 11.9 Å². The van der Waals surface area contributed by atoms with Gasteiger partial charge in [-0.05, 0) is 0 Å². The van der Waals surface area contributed by atoms with E-state index >= 15 is 0 Å². The summed E-state index contributed by atoms with van der Waals surface area (Å²) < 4.78 is 0. The van der Waals surface area contributed by atoms with Gasteiger partial charge in [0.25, 0.3) is 0 Å². The van der Waals surface area contributed by atoms with Crippen LogP contribution in [0.15, 0.2) is 36.6 Å². The molecule has 0 saturated heterocycles. The van der Waals surface area contributed by atoms with Gasteiger partial charge in [0.2, 0.25) is 0 Å². The minimum atomic E-state index is 0. The van der Waals surface area contributed by atoms with E-state index in [2.05, 4.69) is 18.1 Å². The summed E-state index contributed by atoms with van der Waals surface area (Å²) in [5.74, 6) is 0. The quantitative estimate of drug-likeness (QED) is 0.455. The van der Waals surface area contributed by atoms with Crippen molar-refractivity contribution < 1.29 is 19.5 Å². The summed E-state index contributed by atoms with van der Waals surface area (Å²) in [6.07, 6.45) is 9.71. The van der Waals surface area contributed by atoms with Crippen molar-refractivity contribution in [2.24, 2.45) is 0 Å². The van der Waals surface area contributed by atoms with Crippen molar-refractivity contribution in [1.29, 1.82) is 0 Å². The Hall–Kier alpha value is -0.617. The van der Waals surface area contributed by atoms with E-state index in [1.807, 2.05) is 31.3 Å². The molecular formula is C11H16NRu. The summed E-state index contributed by atoms with van der Waals surface area (Å²) in [6.45, 7) is 11.8. The van der Waals surface area contributed by atoms with E-state index in [0.717, 1.165) is 0 Å². The molecule has 1 aromatic rings. The molecule has 1 nitrogen and oxygen atoms in total. The van der Waals surface area contributed by atoms with Crippen molar-refractivity contribution in [3.63, 3.8) is 0 Å². The minimum Gasteiger partial charge on any atom is -0.484 e. The molecule has 1 N–H and O–H groups in total. The predicted molar refractivity (Wildman–Crippen MR) is 54.3 cm³/mol. The fourth-order valence-corrected chi connectivity index (χ4v) is 0.352. The van der Waals surface area contributed by atoms with Crippen LogP contribution in [0.3, 0.4) is 0 Å². The summed E-state index contributed by atoms with van der Waals surface area (Å²) >= 11 is 0. The average Bonchev–Trinajstić information content (AvgIpc) is 2.67. The second-order valence-corrected chi connectivity index (χ2v) is 1.53. The molecule has 73 valence electrons. The van der Waals surface area contributed by atoms with Crippen molar-refractivity contribution in [2.75, 3.05) is 0 Å². The van der Waals surface area contributed by atoms with Crippen LogP contribution in [0.25, 0.3) is 0 Å². The Balaban J connectivity index is -0.000000122. The van der Waals surface area contributed by atoms with Crippen LogP contribution in [0.5, 0.6) is 0 Å². The van der Waals surface area contributed by atoms with E-state index in [4.69, 9.17) is 6.58 Å². The van der Waals surface area contributed by atoms with Crippen LogP contribution in [0, 0.1) is 19.7 Å². The van der Waals surface area contributed by atoms with Crippen LogP contribution in [-0.2, 0) is 19.5 Å². The van der Waals surface area contributed by atoms with Gasteiger partial charge in [0.05, 0.1) is 0 Å². The topological polar surface area (TPSA) is 15.8 Å². The number of hydrogen-bond donors (Lipinski definition) is 1. The van der Waals surface area contributed by atoms with Crippen molar-refractivity contribution in [3.8, 4) is 0 Å². The predicted octanol–water partition coefficient (Wildman–Crippen LogP) is 3.20. The van der Waals surface area contributed by atoms with E-state index < -0.39 is 0 Å². The monoisotopic (exact) mass is 264 g/mol. The third-order valence-electron chi connectivity index (χ3n) is 0.746. The third-order valence-corrected chi connectivity index (χ3v) is 0.746. The van der Waals surface area contributed by atoms with Crippen molar-refractivity contribution >= 4 is 0 Å². The maximum absolute atomic E-state index is 4.93. The summed E-state index contributed by atoms with van der Waals surface area (Å²) in [5, 5.41) is 0. The number of aromatic amines is 1. The molecule has 2 heteroatoms. The van der Waals surface area contributed by atoms with Crippen molar-refractivity contribution in [1.82, 2.24) is 4.98 Å². The Morgan fingerprint density at radius 1 is 1.46 bits per heavy atom. The normalized spacial score (nSPS) is 7.00. The molecule has 0 aliphatic rings. The Kier molecular flexibility index (Phi) is 31.6. The standard InChI is InChI=1S/C5H7.C4H4N.C2H5.Ru/c1-3-5-4-2;1-2-4-5-3-1;1-2;/h1,3-5H,2H3;1-3,5H;1H2,2H3;/q3*-1;+3. The van der Waals surface area contributed by atoms with E-state index in [9.17, 15) is 0 Å². The van der Waals surface area contributed by atoms with Gasteiger partial charge in [-0.3, -0.25) is 6.58 Å². The first-order valence-corrected chi connectivity index (χ1v) is 3.78. The molecule has 0 atom stereocenters. The van der Waals surface area contributed by atoms with E-state index in [-0.39, 0.29) is 19.5 Å². The molecule has 0 aliphatic heterocycles.